The van der Waals surface area contributed by atoms with Crippen molar-refractivity contribution in [3.05, 3.63) is 82.0 Å². The Labute approximate surface area is 179 Å². The molecule has 5 nitrogen and oxygen atoms in total. The lowest BCUT2D eigenvalue weighted by Crippen LogP contribution is -2.10. The number of fused-ring (bicyclic) bond motifs is 1. The minimum absolute atomic E-state index is 0.0535. The molecule has 4 rings (SSSR count). The van der Waals surface area contributed by atoms with Gasteiger partial charge in [-0.3, -0.25) is 0 Å². The number of para-hydroxylation sites is 1. The molecule has 0 radical (unpaired) electrons. The molecule has 10 heteroatoms. The molecule has 0 spiro atoms. The van der Waals surface area contributed by atoms with Crippen LogP contribution in [0.4, 0.5) is 13.2 Å². The number of nitrogens with zero attached hydrogens (tertiary/aromatic N) is 4. The molecular weight excluding hydrogens is 440 g/mol. The highest BCUT2D eigenvalue weighted by molar-refractivity contribution is 6.35. The van der Waals surface area contributed by atoms with Crippen LogP contribution in [0.2, 0.25) is 10.4 Å². The molecule has 0 saturated heterocycles. The van der Waals surface area contributed by atoms with Crippen molar-refractivity contribution < 1.29 is 17.9 Å². The molecule has 2 aromatic carbocycles. The van der Waals surface area contributed by atoms with Crippen LogP contribution in [0.5, 0.6) is 5.75 Å². The molecule has 0 amide bonds. The van der Waals surface area contributed by atoms with E-state index in [1.165, 1.54) is 12.1 Å². The molecule has 2 heterocycles. The van der Waals surface area contributed by atoms with Gasteiger partial charge >= 0.3 is 6.18 Å². The Balaban J connectivity index is 1.70. The summed E-state index contributed by atoms with van der Waals surface area (Å²) < 4.78 is 46.0. The molecule has 0 unspecified atom stereocenters. The van der Waals surface area contributed by atoms with Crippen LogP contribution >= 0.6 is 23.2 Å². The maximum absolute atomic E-state index is 12.8. The Morgan fingerprint density at radius 3 is 2.27 bits per heavy atom. The van der Waals surface area contributed by atoms with E-state index < -0.39 is 11.7 Å². The first kappa shape index (κ1) is 20.4. The lowest BCUT2D eigenvalue weighted by atomic mass is 10.1. The molecule has 0 aliphatic carbocycles. The van der Waals surface area contributed by atoms with Gasteiger partial charge in [0.25, 0.3) is 0 Å². The van der Waals surface area contributed by atoms with Crippen molar-refractivity contribution in [1.82, 2.24) is 19.5 Å². The normalized spacial score (nSPS) is 11.8. The Morgan fingerprint density at radius 1 is 0.900 bits per heavy atom. The second kappa shape index (κ2) is 8.12. The zero-order valence-corrected chi connectivity index (χ0v) is 16.7. The number of hydrogen-bond acceptors (Lipinski definition) is 4. The molecule has 0 aliphatic rings. The fourth-order valence-corrected chi connectivity index (χ4v) is 3.41. The number of imidazole rings is 1. The first-order valence-electron chi connectivity index (χ1n) is 8.73. The number of hydrogen-bond donors (Lipinski definition) is 0. The van der Waals surface area contributed by atoms with Crippen LogP contribution in [0.25, 0.3) is 11.2 Å². The predicted molar refractivity (Wildman–Crippen MR) is 107 cm³/mol. The summed E-state index contributed by atoms with van der Waals surface area (Å²) in [6, 6.07) is 14.0. The van der Waals surface area contributed by atoms with E-state index >= 15 is 0 Å². The van der Waals surface area contributed by atoms with Crippen molar-refractivity contribution in [1.29, 1.82) is 0 Å². The third kappa shape index (κ3) is 4.34. The van der Waals surface area contributed by atoms with Gasteiger partial charge < -0.3 is 9.30 Å². The SMILES string of the molecule is FC(F)(F)c1ccc(Cn2c(COc3ccccc3)nc3nc(Cl)nc(Cl)c32)cc1. The molecule has 4 aromatic rings. The van der Waals surface area contributed by atoms with Crippen LogP contribution in [0.15, 0.2) is 54.6 Å². The highest BCUT2D eigenvalue weighted by atomic mass is 35.5. The van der Waals surface area contributed by atoms with E-state index in [1.807, 2.05) is 18.2 Å². The maximum Gasteiger partial charge on any atom is 0.416 e. The first-order valence-corrected chi connectivity index (χ1v) is 9.49. The standard InChI is InChI=1S/C20H13Cl2F3N4O/c21-17-16-18(28-19(22)27-17)26-15(11-30-14-4-2-1-3-5-14)29(16)10-12-6-8-13(9-7-12)20(23,24)25/h1-9H,10-11H2. The molecule has 30 heavy (non-hydrogen) atoms. The van der Waals surface area contributed by atoms with Gasteiger partial charge in [-0.1, -0.05) is 41.9 Å². The van der Waals surface area contributed by atoms with Gasteiger partial charge in [-0.25, -0.2) is 9.97 Å². The summed E-state index contributed by atoms with van der Waals surface area (Å²) in [5, 5.41) is 0.0394. The third-order valence-electron chi connectivity index (χ3n) is 4.35. The van der Waals surface area contributed by atoms with Gasteiger partial charge in [-0.2, -0.15) is 18.2 Å². The molecular formula is C20H13Cl2F3N4O. The summed E-state index contributed by atoms with van der Waals surface area (Å²) in [7, 11) is 0. The molecule has 0 aliphatic heterocycles. The number of aromatic nitrogens is 4. The molecule has 154 valence electrons. The number of halogens is 5. The summed E-state index contributed by atoms with van der Waals surface area (Å²) in [5.74, 6) is 1.12. The molecule has 0 bridgehead atoms. The smallest absolute Gasteiger partial charge is 0.416 e. The largest absolute Gasteiger partial charge is 0.486 e. The Kier molecular flexibility index (Phi) is 5.53. The van der Waals surface area contributed by atoms with E-state index in [-0.39, 0.29) is 29.2 Å². The Hall–Kier alpha value is -2.84. The molecule has 0 N–H and O–H groups in total. The van der Waals surface area contributed by atoms with Gasteiger partial charge in [-0.05, 0) is 41.4 Å². The van der Waals surface area contributed by atoms with E-state index in [0.29, 0.717) is 22.7 Å². The third-order valence-corrected chi connectivity index (χ3v) is 4.78. The van der Waals surface area contributed by atoms with Crippen LogP contribution in [0.1, 0.15) is 17.0 Å². The molecule has 0 atom stereocenters. The highest BCUT2D eigenvalue weighted by Gasteiger charge is 2.30. The van der Waals surface area contributed by atoms with E-state index in [0.717, 1.165) is 12.1 Å². The minimum atomic E-state index is -4.40. The van der Waals surface area contributed by atoms with Gasteiger partial charge in [0.2, 0.25) is 5.28 Å². The van der Waals surface area contributed by atoms with Crippen molar-refractivity contribution >= 4 is 34.4 Å². The van der Waals surface area contributed by atoms with Gasteiger partial charge in [0.15, 0.2) is 10.8 Å². The second-order valence-corrected chi connectivity index (χ2v) is 7.06. The molecule has 0 saturated carbocycles. The summed E-state index contributed by atoms with van der Waals surface area (Å²) in [5.41, 5.74) is 0.600. The van der Waals surface area contributed by atoms with Crippen molar-refractivity contribution in [3.8, 4) is 5.75 Å². The van der Waals surface area contributed by atoms with Gasteiger partial charge in [-0.15, -0.1) is 0 Å². The lowest BCUT2D eigenvalue weighted by Gasteiger charge is -2.12. The summed E-state index contributed by atoms with van der Waals surface area (Å²) >= 11 is 12.1. The maximum atomic E-state index is 12.8. The number of rotatable bonds is 5. The van der Waals surface area contributed by atoms with Crippen molar-refractivity contribution in [3.63, 3.8) is 0 Å². The molecule has 2 aromatic heterocycles. The fraction of sp³-hybridized carbons (Fsp3) is 0.150. The van der Waals surface area contributed by atoms with Gasteiger partial charge in [0.05, 0.1) is 5.56 Å². The van der Waals surface area contributed by atoms with E-state index in [2.05, 4.69) is 15.0 Å². The predicted octanol–water partition coefficient (Wildman–Crippen LogP) is 5.78. The van der Waals surface area contributed by atoms with Crippen molar-refractivity contribution in [2.45, 2.75) is 19.3 Å². The Bertz CT molecular complexity index is 1180. The summed E-state index contributed by atoms with van der Waals surface area (Å²) in [6.07, 6.45) is -4.40. The van der Waals surface area contributed by atoms with E-state index in [1.54, 1.807) is 16.7 Å². The minimum Gasteiger partial charge on any atom is -0.486 e. The fourth-order valence-electron chi connectivity index (χ4n) is 2.94. The second-order valence-electron chi connectivity index (χ2n) is 6.37. The van der Waals surface area contributed by atoms with Crippen LogP contribution in [-0.4, -0.2) is 19.5 Å². The van der Waals surface area contributed by atoms with Crippen LogP contribution in [0, 0.1) is 0 Å². The summed E-state index contributed by atoms with van der Waals surface area (Å²) in [4.78, 5) is 12.5. The lowest BCUT2D eigenvalue weighted by molar-refractivity contribution is -0.137. The number of ether oxygens (including phenoxy) is 1. The average molecular weight is 453 g/mol. The highest BCUT2D eigenvalue weighted by Crippen LogP contribution is 2.30. The van der Waals surface area contributed by atoms with Crippen LogP contribution in [-0.2, 0) is 19.3 Å². The Morgan fingerprint density at radius 2 is 1.60 bits per heavy atom. The van der Waals surface area contributed by atoms with Crippen molar-refractivity contribution in [2.24, 2.45) is 0 Å². The van der Waals surface area contributed by atoms with Crippen LogP contribution in [0.3, 0.4) is 0 Å². The molecule has 0 fully saturated rings. The van der Waals surface area contributed by atoms with Gasteiger partial charge in [0, 0.05) is 6.54 Å². The quantitative estimate of drug-likeness (QED) is 0.284. The topological polar surface area (TPSA) is 52.8 Å². The number of alkyl halides is 3. The summed E-state index contributed by atoms with van der Waals surface area (Å²) in [6.45, 7) is 0.293. The average Bonchev–Trinajstić information content (AvgIpc) is 3.04. The van der Waals surface area contributed by atoms with Gasteiger partial charge in [0.1, 0.15) is 23.7 Å². The van der Waals surface area contributed by atoms with E-state index in [9.17, 15) is 13.2 Å². The zero-order chi connectivity index (χ0) is 21.3. The first-order chi connectivity index (χ1) is 14.3. The monoisotopic (exact) mass is 452 g/mol. The van der Waals surface area contributed by atoms with Crippen LogP contribution < -0.4 is 4.74 Å². The number of benzene rings is 2. The zero-order valence-electron chi connectivity index (χ0n) is 15.2. The van der Waals surface area contributed by atoms with Crippen molar-refractivity contribution in [2.75, 3.05) is 0 Å². The van der Waals surface area contributed by atoms with E-state index in [4.69, 9.17) is 27.9 Å².